The molecule has 0 atom stereocenters. The van der Waals surface area contributed by atoms with E-state index in [9.17, 15) is 0 Å². The van der Waals surface area contributed by atoms with Crippen LogP contribution in [-0.2, 0) is 6.42 Å². The van der Waals surface area contributed by atoms with Crippen molar-refractivity contribution in [2.24, 2.45) is 0 Å². The van der Waals surface area contributed by atoms with Crippen molar-refractivity contribution in [3.63, 3.8) is 0 Å². The summed E-state index contributed by atoms with van der Waals surface area (Å²) in [5.41, 5.74) is 4.25. The maximum atomic E-state index is 6.12. The van der Waals surface area contributed by atoms with E-state index >= 15 is 0 Å². The van der Waals surface area contributed by atoms with Gasteiger partial charge in [-0.25, -0.2) is 0 Å². The number of rotatable bonds is 3. The van der Waals surface area contributed by atoms with Gasteiger partial charge in [0.2, 0.25) is 0 Å². The summed E-state index contributed by atoms with van der Waals surface area (Å²) < 4.78 is 5.67. The molecule has 0 saturated heterocycles. The summed E-state index contributed by atoms with van der Waals surface area (Å²) in [6, 6.07) is 16.0. The lowest BCUT2D eigenvalue weighted by molar-refractivity contribution is 0.414. The van der Waals surface area contributed by atoms with Crippen molar-refractivity contribution in [3.05, 3.63) is 70.4 Å². The van der Waals surface area contributed by atoms with Crippen molar-refractivity contribution in [3.8, 4) is 5.75 Å². The summed E-state index contributed by atoms with van der Waals surface area (Å²) in [5.74, 6) is 0.865. The van der Waals surface area contributed by atoms with Gasteiger partial charge in [-0.3, -0.25) is 4.98 Å². The Morgan fingerprint density at radius 2 is 1.86 bits per heavy atom. The van der Waals surface area contributed by atoms with E-state index < -0.39 is 0 Å². The molecule has 0 bridgehead atoms. The number of ether oxygens (including phenoxy) is 1. The lowest BCUT2D eigenvalue weighted by Gasteiger charge is -2.14. The highest BCUT2D eigenvalue weighted by atomic mass is 35.5. The fourth-order valence-corrected chi connectivity index (χ4v) is 2.78. The molecular weight excluding hydrogens is 282 g/mol. The fraction of sp³-hybridized carbons (Fsp3) is 0.167. The van der Waals surface area contributed by atoms with Crippen molar-refractivity contribution < 1.29 is 4.74 Å². The Balaban J connectivity index is 2.19. The van der Waals surface area contributed by atoms with Crippen LogP contribution in [0.25, 0.3) is 10.9 Å². The molecule has 3 rings (SSSR count). The topological polar surface area (TPSA) is 22.1 Å². The minimum Gasteiger partial charge on any atom is -0.496 e. The summed E-state index contributed by atoms with van der Waals surface area (Å²) in [4.78, 5) is 4.68. The van der Waals surface area contributed by atoms with Crippen LogP contribution in [0.15, 0.2) is 48.5 Å². The van der Waals surface area contributed by atoms with Gasteiger partial charge in [-0.15, -0.1) is 0 Å². The van der Waals surface area contributed by atoms with Crippen LogP contribution in [0.1, 0.15) is 16.8 Å². The van der Waals surface area contributed by atoms with Crippen LogP contribution in [0.3, 0.4) is 0 Å². The van der Waals surface area contributed by atoms with Crippen LogP contribution < -0.4 is 4.74 Å². The summed E-state index contributed by atoms with van der Waals surface area (Å²) in [5, 5.41) is 1.65. The molecule has 106 valence electrons. The molecule has 0 unspecified atom stereocenters. The molecule has 0 N–H and O–H groups in total. The molecule has 0 aliphatic heterocycles. The van der Waals surface area contributed by atoms with Crippen LogP contribution in [0.4, 0.5) is 0 Å². The average Bonchev–Trinajstić information content (AvgIpc) is 2.50. The van der Waals surface area contributed by atoms with Gasteiger partial charge in [0, 0.05) is 28.1 Å². The molecule has 0 amide bonds. The predicted octanol–water partition coefficient (Wildman–Crippen LogP) is 4.80. The molecule has 2 aromatic carbocycles. The number of aromatic nitrogens is 1. The number of halogens is 1. The van der Waals surface area contributed by atoms with Crippen LogP contribution in [0.2, 0.25) is 5.02 Å². The van der Waals surface area contributed by atoms with E-state index in [1.54, 1.807) is 7.11 Å². The van der Waals surface area contributed by atoms with Gasteiger partial charge in [-0.1, -0.05) is 41.9 Å². The molecule has 21 heavy (non-hydrogen) atoms. The van der Waals surface area contributed by atoms with Gasteiger partial charge in [-0.2, -0.15) is 0 Å². The first-order valence-corrected chi connectivity index (χ1v) is 7.23. The first kappa shape index (κ1) is 13.9. The summed E-state index contributed by atoms with van der Waals surface area (Å²) in [7, 11) is 1.70. The minimum atomic E-state index is 0.692. The van der Waals surface area contributed by atoms with Gasteiger partial charge in [0.15, 0.2) is 0 Å². The van der Waals surface area contributed by atoms with Crippen LogP contribution in [0.5, 0.6) is 5.75 Å². The molecule has 2 nitrogen and oxygen atoms in total. The van der Waals surface area contributed by atoms with Crippen molar-refractivity contribution >= 4 is 22.5 Å². The smallest absolute Gasteiger partial charge is 0.133 e. The van der Waals surface area contributed by atoms with Gasteiger partial charge in [0.1, 0.15) is 5.75 Å². The summed E-state index contributed by atoms with van der Waals surface area (Å²) >= 11 is 6.12. The standard InChI is InChI=1S/C18H16ClNO/c1-12-15(10-13-6-4-3-5-7-13)18(21-2)16-11-14(19)8-9-17(16)20-12/h3-9,11H,10H2,1-2H3. The lowest BCUT2D eigenvalue weighted by Crippen LogP contribution is -2.01. The van der Waals surface area contributed by atoms with Gasteiger partial charge in [-0.05, 0) is 30.7 Å². The second-order valence-electron chi connectivity index (χ2n) is 5.03. The van der Waals surface area contributed by atoms with Gasteiger partial charge < -0.3 is 4.74 Å². The number of methoxy groups -OCH3 is 1. The fourth-order valence-electron chi connectivity index (χ4n) is 2.60. The molecule has 0 fully saturated rings. The van der Waals surface area contributed by atoms with Crippen LogP contribution >= 0.6 is 11.6 Å². The molecule has 0 aliphatic rings. The predicted molar refractivity (Wildman–Crippen MR) is 87.3 cm³/mol. The molecule has 1 heterocycles. The van der Waals surface area contributed by atoms with E-state index in [4.69, 9.17) is 16.3 Å². The highest BCUT2D eigenvalue weighted by molar-refractivity contribution is 6.31. The minimum absolute atomic E-state index is 0.692. The van der Waals surface area contributed by atoms with Crippen molar-refractivity contribution in [1.82, 2.24) is 4.98 Å². The third kappa shape index (κ3) is 2.72. The SMILES string of the molecule is COc1c(Cc2ccccc2)c(C)nc2ccc(Cl)cc12. The van der Waals surface area contributed by atoms with E-state index in [0.717, 1.165) is 34.3 Å². The Morgan fingerprint density at radius 1 is 1.10 bits per heavy atom. The van der Waals surface area contributed by atoms with E-state index in [1.807, 2.05) is 43.3 Å². The summed E-state index contributed by atoms with van der Waals surface area (Å²) in [6.45, 7) is 2.02. The Kier molecular flexibility index (Phi) is 3.80. The average molecular weight is 298 g/mol. The highest BCUT2D eigenvalue weighted by Gasteiger charge is 2.14. The number of hydrogen-bond acceptors (Lipinski definition) is 2. The molecule has 3 aromatic rings. The van der Waals surface area contributed by atoms with Gasteiger partial charge in [0.05, 0.1) is 12.6 Å². The Hall–Kier alpha value is -2.06. The van der Waals surface area contributed by atoms with E-state index in [0.29, 0.717) is 5.02 Å². The van der Waals surface area contributed by atoms with Gasteiger partial charge >= 0.3 is 0 Å². The number of hydrogen-bond donors (Lipinski definition) is 0. The third-order valence-corrected chi connectivity index (χ3v) is 3.87. The molecular formula is C18H16ClNO. The number of benzene rings is 2. The second-order valence-corrected chi connectivity index (χ2v) is 5.47. The normalized spacial score (nSPS) is 10.8. The Bertz CT molecular complexity index is 784. The van der Waals surface area contributed by atoms with Crippen LogP contribution in [0, 0.1) is 6.92 Å². The molecule has 1 aromatic heterocycles. The van der Waals surface area contributed by atoms with Crippen molar-refractivity contribution in [2.45, 2.75) is 13.3 Å². The van der Waals surface area contributed by atoms with Crippen molar-refractivity contribution in [2.75, 3.05) is 7.11 Å². The van der Waals surface area contributed by atoms with E-state index in [-0.39, 0.29) is 0 Å². The van der Waals surface area contributed by atoms with E-state index in [1.165, 1.54) is 5.56 Å². The zero-order chi connectivity index (χ0) is 14.8. The zero-order valence-corrected chi connectivity index (χ0v) is 12.8. The zero-order valence-electron chi connectivity index (χ0n) is 12.1. The molecule has 0 spiro atoms. The molecule has 0 radical (unpaired) electrons. The maximum Gasteiger partial charge on any atom is 0.133 e. The number of pyridine rings is 1. The summed E-state index contributed by atoms with van der Waals surface area (Å²) in [6.07, 6.45) is 0.797. The first-order chi connectivity index (χ1) is 10.2. The first-order valence-electron chi connectivity index (χ1n) is 6.85. The molecule has 3 heteroatoms. The van der Waals surface area contributed by atoms with Crippen molar-refractivity contribution in [1.29, 1.82) is 0 Å². The second kappa shape index (κ2) is 5.74. The number of nitrogens with zero attached hydrogens (tertiary/aromatic N) is 1. The monoisotopic (exact) mass is 297 g/mol. The third-order valence-electron chi connectivity index (χ3n) is 3.63. The largest absolute Gasteiger partial charge is 0.496 e. The lowest BCUT2D eigenvalue weighted by atomic mass is 10.0. The highest BCUT2D eigenvalue weighted by Crippen LogP contribution is 2.33. The number of aryl methyl sites for hydroxylation is 1. The Labute approximate surface area is 129 Å². The molecule has 0 aliphatic carbocycles. The Morgan fingerprint density at radius 3 is 2.57 bits per heavy atom. The molecule has 0 saturated carbocycles. The quantitative estimate of drug-likeness (QED) is 0.693. The maximum absolute atomic E-state index is 6.12. The van der Waals surface area contributed by atoms with Crippen LogP contribution in [-0.4, -0.2) is 12.1 Å². The van der Waals surface area contributed by atoms with Gasteiger partial charge in [0.25, 0.3) is 0 Å². The number of fused-ring (bicyclic) bond motifs is 1. The van der Waals surface area contributed by atoms with E-state index in [2.05, 4.69) is 17.1 Å².